The van der Waals surface area contributed by atoms with E-state index in [1.165, 1.54) is 6.42 Å². The number of rotatable bonds is 2. The molecule has 1 aliphatic rings. The van der Waals surface area contributed by atoms with Gasteiger partial charge in [0.2, 0.25) is 0 Å². The molecule has 0 atom stereocenters. The third kappa shape index (κ3) is 1.65. The fourth-order valence-corrected chi connectivity index (χ4v) is 2.15. The van der Waals surface area contributed by atoms with E-state index in [9.17, 15) is 0 Å². The highest BCUT2D eigenvalue weighted by Gasteiger charge is 2.19. The van der Waals surface area contributed by atoms with Crippen molar-refractivity contribution in [3.63, 3.8) is 0 Å². The van der Waals surface area contributed by atoms with Crippen LogP contribution in [0.1, 0.15) is 17.7 Å². The van der Waals surface area contributed by atoms with E-state index < -0.39 is 0 Å². The van der Waals surface area contributed by atoms with Crippen molar-refractivity contribution in [3.05, 3.63) is 41.6 Å². The van der Waals surface area contributed by atoms with Crippen LogP contribution in [-0.2, 0) is 0 Å². The van der Waals surface area contributed by atoms with Crippen LogP contribution in [0.15, 0.2) is 30.3 Å². The normalized spacial score (nSPS) is 14.1. The van der Waals surface area contributed by atoms with Crippen LogP contribution in [0.5, 0.6) is 0 Å². The summed E-state index contributed by atoms with van der Waals surface area (Å²) in [6.45, 7) is 4.18. The Labute approximate surface area is 106 Å². The molecular formula is C14H14N4. The van der Waals surface area contributed by atoms with Crippen LogP contribution in [0.25, 0.3) is 5.69 Å². The lowest BCUT2D eigenvalue weighted by atomic mass is 10.2. The van der Waals surface area contributed by atoms with Gasteiger partial charge in [-0.3, -0.25) is 0 Å². The molecule has 4 heteroatoms. The summed E-state index contributed by atoms with van der Waals surface area (Å²) in [7, 11) is 0. The molecule has 0 spiro atoms. The maximum Gasteiger partial charge on any atom is 0.151 e. The van der Waals surface area contributed by atoms with Gasteiger partial charge in [0.1, 0.15) is 6.07 Å². The van der Waals surface area contributed by atoms with E-state index in [1.54, 1.807) is 0 Å². The van der Waals surface area contributed by atoms with Crippen molar-refractivity contribution in [1.82, 2.24) is 9.78 Å². The number of aromatic nitrogens is 2. The Bertz CT molecular complexity index is 617. The number of hydrogen-bond acceptors (Lipinski definition) is 3. The molecule has 1 aliphatic heterocycles. The third-order valence-electron chi connectivity index (χ3n) is 3.31. The van der Waals surface area contributed by atoms with Crippen LogP contribution in [0.2, 0.25) is 0 Å². The second-order valence-electron chi connectivity index (χ2n) is 4.53. The van der Waals surface area contributed by atoms with Gasteiger partial charge >= 0.3 is 0 Å². The minimum absolute atomic E-state index is 0.652. The van der Waals surface area contributed by atoms with Gasteiger partial charge in [-0.2, -0.15) is 5.26 Å². The molecule has 0 bridgehead atoms. The highest BCUT2D eigenvalue weighted by Crippen LogP contribution is 2.23. The van der Waals surface area contributed by atoms with Crippen LogP contribution in [-0.4, -0.2) is 22.9 Å². The van der Waals surface area contributed by atoms with Gasteiger partial charge in [-0.25, -0.2) is 4.68 Å². The summed E-state index contributed by atoms with van der Waals surface area (Å²) in [5.74, 6) is 1.01. The van der Waals surface area contributed by atoms with Gasteiger partial charge in [0.25, 0.3) is 0 Å². The van der Waals surface area contributed by atoms with Gasteiger partial charge in [0, 0.05) is 24.8 Å². The fraction of sp³-hybridized carbons (Fsp3) is 0.286. The molecule has 90 valence electrons. The van der Waals surface area contributed by atoms with Crippen molar-refractivity contribution < 1.29 is 0 Å². The Balaban J connectivity index is 2.06. The van der Waals surface area contributed by atoms with E-state index in [2.05, 4.69) is 22.1 Å². The monoisotopic (exact) mass is 238 g/mol. The molecule has 0 amide bonds. The van der Waals surface area contributed by atoms with Gasteiger partial charge in [-0.15, -0.1) is 5.10 Å². The quantitative estimate of drug-likeness (QED) is 0.806. The number of hydrogen-bond donors (Lipinski definition) is 0. The van der Waals surface area contributed by atoms with E-state index in [0.717, 1.165) is 30.3 Å². The Hall–Kier alpha value is -2.28. The van der Waals surface area contributed by atoms with Crippen LogP contribution >= 0.6 is 0 Å². The number of para-hydroxylation sites is 1. The van der Waals surface area contributed by atoms with Crippen molar-refractivity contribution in [1.29, 1.82) is 5.26 Å². The molecule has 0 N–H and O–H groups in total. The maximum atomic E-state index is 9.14. The molecule has 1 aromatic heterocycles. The minimum Gasteiger partial charge on any atom is -0.355 e. The summed E-state index contributed by atoms with van der Waals surface area (Å²) < 4.78 is 1.85. The molecule has 0 saturated carbocycles. The Kier molecular flexibility index (Phi) is 2.52. The first-order valence-corrected chi connectivity index (χ1v) is 6.11. The Morgan fingerprint density at radius 3 is 2.72 bits per heavy atom. The minimum atomic E-state index is 0.652. The predicted molar refractivity (Wildman–Crippen MR) is 69.8 cm³/mol. The van der Waals surface area contributed by atoms with Crippen LogP contribution in [0.3, 0.4) is 0 Å². The van der Waals surface area contributed by atoms with Gasteiger partial charge in [-0.1, -0.05) is 12.1 Å². The van der Waals surface area contributed by atoms with Gasteiger partial charge < -0.3 is 4.90 Å². The number of anilines is 1. The van der Waals surface area contributed by atoms with Crippen LogP contribution < -0.4 is 4.90 Å². The molecular weight excluding hydrogens is 224 g/mol. The number of nitrogens with zero attached hydrogens (tertiary/aromatic N) is 4. The highest BCUT2D eigenvalue weighted by atomic mass is 15.4. The zero-order chi connectivity index (χ0) is 12.5. The van der Waals surface area contributed by atoms with Gasteiger partial charge in [-0.05, 0) is 25.5 Å². The number of nitriles is 1. The van der Waals surface area contributed by atoms with E-state index >= 15 is 0 Å². The van der Waals surface area contributed by atoms with Crippen molar-refractivity contribution in [2.45, 2.75) is 13.3 Å². The molecule has 0 aliphatic carbocycles. The van der Waals surface area contributed by atoms with Crippen molar-refractivity contribution in [2.24, 2.45) is 0 Å². The first-order chi connectivity index (χ1) is 8.79. The fourth-order valence-electron chi connectivity index (χ4n) is 2.15. The predicted octanol–water partition coefficient (Wildman–Crippen LogP) is 2.26. The van der Waals surface area contributed by atoms with E-state index in [-0.39, 0.29) is 0 Å². The highest BCUT2D eigenvalue weighted by molar-refractivity contribution is 5.51. The summed E-state index contributed by atoms with van der Waals surface area (Å²) in [6, 6.07) is 11.8. The summed E-state index contributed by atoms with van der Waals surface area (Å²) in [4.78, 5) is 2.25. The van der Waals surface area contributed by atoms with E-state index in [4.69, 9.17) is 5.26 Å². The van der Waals surface area contributed by atoms with Crippen molar-refractivity contribution in [3.8, 4) is 11.8 Å². The molecule has 1 fully saturated rings. The Morgan fingerprint density at radius 2 is 2.06 bits per heavy atom. The zero-order valence-electron chi connectivity index (χ0n) is 10.3. The lowest BCUT2D eigenvalue weighted by molar-refractivity contribution is 0.605. The summed E-state index contributed by atoms with van der Waals surface area (Å²) in [5.41, 5.74) is 2.56. The van der Waals surface area contributed by atoms with Gasteiger partial charge in [0.05, 0.1) is 11.3 Å². The molecule has 1 aromatic carbocycles. The smallest absolute Gasteiger partial charge is 0.151 e. The number of benzene rings is 1. The summed E-state index contributed by atoms with van der Waals surface area (Å²) in [6.07, 6.45) is 1.24. The molecule has 1 saturated heterocycles. The Morgan fingerprint density at radius 1 is 1.28 bits per heavy atom. The molecule has 18 heavy (non-hydrogen) atoms. The molecule has 4 nitrogen and oxygen atoms in total. The zero-order valence-corrected chi connectivity index (χ0v) is 10.3. The third-order valence-corrected chi connectivity index (χ3v) is 3.31. The van der Waals surface area contributed by atoms with E-state index in [0.29, 0.717) is 5.56 Å². The van der Waals surface area contributed by atoms with Crippen molar-refractivity contribution in [2.75, 3.05) is 18.0 Å². The van der Waals surface area contributed by atoms with Crippen molar-refractivity contribution >= 4 is 5.82 Å². The number of aryl methyl sites for hydroxylation is 1. The van der Waals surface area contributed by atoms with E-state index in [1.807, 2.05) is 35.9 Å². The average molecular weight is 238 g/mol. The lowest BCUT2D eigenvalue weighted by Crippen LogP contribution is -2.37. The first-order valence-electron chi connectivity index (χ1n) is 6.11. The summed E-state index contributed by atoms with van der Waals surface area (Å²) in [5, 5.41) is 13.7. The lowest BCUT2D eigenvalue weighted by Gasteiger charge is -2.30. The maximum absolute atomic E-state index is 9.14. The molecule has 0 radical (unpaired) electrons. The van der Waals surface area contributed by atoms with Gasteiger partial charge in [0.15, 0.2) is 5.82 Å². The molecule has 3 rings (SSSR count). The topological polar surface area (TPSA) is 44.9 Å². The van der Waals surface area contributed by atoms with Crippen LogP contribution in [0, 0.1) is 18.3 Å². The second kappa shape index (κ2) is 4.19. The molecule has 2 heterocycles. The summed E-state index contributed by atoms with van der Waals surface area (Å²) >= 11 is 0. The first kappa shape index (κ1) is 10.8. The SMILES string of the molecule is Cc1cc(N2CCC2)nn1-c1ccccc1C#N. The average Bonchev–Trinajstić information content (AvgIpc) is 2.68. The second-order valence-corrected chi connectivity index (χ2v) is 4.53. The molecule has 0 unspecified atom stereocenters. The largest absolute Gasteiger partial charge is 0.355 e. The van der Waals surface area contributed by atoms with Crippen LogP contribution in [0.4, 0.5) is 5.82 Å². The molecule has 2 aromatic rings. The standard InChI is InChI=1S/C14H14N4/c1-11-9-14(17-7-4-8-17)16-18(11)13-6-3-2-5-12(13)10-15/h2-3,5-6,9H,4,7-8H2,1H3.